The first kappa shape index (κ1) is 20.6. The number of alkyl halides is 6. The Balaban J connectivity index is 2.08. The van der Waals surface area contributed by atoms with Crippen LogP contribution in [0.1, 0.15) is 22.3 Å². The van der Waals surface area contributed by atoms with Crippen molar-refractivity contribution in [2.24, 2.45) is 0 Å². The van der Waals surface area contributed by atoms with Crippen molar-refractivity contribution in [1.82, 2.24) is 5.32 Å². The molecule has 29 heavy (non-hydrogen) atoms. The van der Waals surface area contributed by atoms with Gasteiger partial charge in [-0.25, -0.2) is 0 Å². The second-order valence-electron chi connectivity index (χ2n) is 6.30. The highest BCUT2D eigenvalue weighted by Crippen LogP contribution is 2.35. The molecular weight excluding hydrogens is 396 g/mol. The van der Waals surface area contributed by atoms with E-state index in [2.05, 4.69) is 16.6 Å². The normalized spacial score (nSPS) is 14.4. The number of hydrogen-bond acceptors (Lipinski definition) is 2. The van der Waals surface area contributed by atoms with Crippen LogP contribution in [0.2, 0.25) is 0 Å². The number of dihydropyridines is 1. The fourth-order valence-corrected chi connectivity index (χ4v) is 2.96. The summed E-state index contributed by atoms with van der Waals surface area (Å²) in [4.78, 5) is 0. The molecule has 3 rings (SSSR count). The Bertz CT molecular complexity index is 985. The van der Waals surface area contributed by atoms with Crippen molar-refractivity contribution in [1.29, 1.82) is 0 Å². The van der Waals surface area contributed by atoms with Crippen molar-refractivity contribution in [2.75, 3.05) is 0 Å². The first-order chi connectivity index (χ1) is 13.5. The van der Waals surface area contributed by atoms with E-state index in [9.17, 15) is 26.3 Å². The van der Waals surface area contributed by atoms with Gasteiger partial charge in [-0.3, -0.25) is 0 Å². The minimum Gasteiger partial charge on any atom is -0.405 e. The minimum absolute atomic E-state index is 0.114. The van der Waals surface area contributed by atoms with Crippen molar-refractivity contribution in [3.8, 4) is 5.75 Å². The van der Waals surface area contributed by atoms with E-state index in [1.165, 1.54) is 24.3 Å². The maximum Gasteiger partial charge on any atom is 0.573 e. The van der Waals surface area contributed by atoms with Crippen LogP contribution < -0.4 is 10.1 Å². The van der Waals surface area contributed by atoms with Crippen molar-refractivity contribution in [3.05, 3.63) is 95.3 Å². The lowest BCUT2D eigenvalue weighted by atomic mass is 9.91. The molecule has 2 aromatic rings. The lowest BCUT2D eigenvalue weighted by Crippen LogP contribution is -2.18. The van der Waals surface area contributed by atoms with Crippen LogP contribution in [0.5, 0.6) is 5.75 Å². The van der Waals surface area contributed by atoms with E-state index in [0.717, 1.165) is 18.2 Å². The number of hydrogen-bond donors (Lipinski definition) is 1. The Morgan fingerprint density at radius 1 is 0.931 bits per heavy atom. The topological polar surface area (TPSA) is 21.3 Å². The van der Waals surface area contributed by atoms with Crippen LogP contribution in [-0.4, -0.2) is 6.36 Å². The van der Waals surface area contributed by atoms with E-state index in [1.54, 1.807) is 18.4 Å². The Hall–Kier alpha value is -3.16. The minimum atomic E-state index is -4.91. The van der Waals surface area contributed by atoms with Gasteiger partial charge < -0.3 is 10.1 Å². The van der Waals surface area contributed by atoms with Crippen LogP contribution in [0, 0.1) is 0 Å². The summed E-state index contributed by atoms with van der Waals surface area (Å²) in [6.07, 6.45) is -4.80. The van der Waals surface area contributed by atoms with Gasteiger partial charge >= 0.3 is 12.5 Å². The summed E-state index contributed by atoms with van der Waals surface area (Å²) < 4.78 is 81.7. The fraction of sp³-hybridized carbons (Fsp3) is 0.143. The summed E-state index contributed by atoms with van der Waals surface area (Å²) in [6, 6.07) is 8.56. The summed E-state index contributed by atoms with van der Waals surface area (Å²) in [5, 5.41) is 2.84. The van der Waals surface area contributed by atoms with Crippen LogP contribution >= 0.6 is 0 Å². The van der Waals surface area contributed by atoms with Crippen LogP contribution in [0.3, 0.4) is 0 Å². The number of rotatable bonds is 4. The maximum absolute atomic E-state index is 13.2. The highest BCUT2D eigenvalue weighted by Gasteiger charge is 2.33. The molecule has 1 aliphatic rings. The summed E-state index contributed by atoms with van der Waals surface area (Å²) in [5.74, 6) is -0.456. The second-order valence-corrected chi connectivity index (χ2v) is 6.30. The zero-order valence-corrected chi connectivity index (χ0v) is 14.9. The maximum atomic E-state index is 13.2. The van der Waals surface area contributed by atoms with Crippen LogP contribution in [-0.2, 0) is 12.6 Å². The average molecular weight is 411 g/mol. The molecule has 0 radical (unpaired) electrons. The molecule has 0 atom stereocenters. The zero-order valence-electron chi connectivity index (χ0n) is 14.9. The second kappa shape index (κ2) is 7.69. The lowest BCUT2D eigenvalue weighted by Gasteiger charge is -2.18. The molecule has 2 aromatic carbocycles. The number of nitrogens with one attached hydrogen (secondary N) is 1. The van der Waals surface area contributed by atoms with Crippen molar-refractivity contribution >= 4 is 5.57 Å². The molecule has 0 spiro atoms. The molecule has 0 aromatic heterocycles. The van der Waals surface area contributed by atoms with Gasteiger partial charge in [-0.2, -0.15) is 13.2 Å². The molecule has 0 unspecified atom stereocenters. The van der Waals surface area contributed by atoms with Crippen LogP contribution in [0.25, 0.3) is 5.57 Å². The molecule has 8 heteroatoms. The molecular formula is C21H15F6NO. The van der Waals surface area contributed by atoms with E-state index in [4.69, 9.17) is 0 Å². The summed E-state index contributed by atoms with van der Waals surface area (Å²) in [7, 11) is 0. The lowest BCUT2D eigenvalue weighted by molar-refractivity contribution is -0.274. The van der Waals surface area contributed by atoms with Gasteiger partial charge in [0.05, 0.1) is 5.56 Å². The third-order valence-electron chi connectivity index (χ3n) is 4.18. The van der Waals surface area contributed by atoms with Crippen LogP contribution in [0.15, 0.2) is 73.1 Å². The van der Waals surface area contributed by atoms with Crippen molar-refractivity contribution in [3.63, 3.8) is 0 Å². The van der Waals surface area contributed by atoms with E-state index in [1.807, 2.05) is 0 Å². The molecule has 0 amide bonds. The number of benzene rings is 2. The highest BCUT2D eigenvalue weighted by atomic mass is 19.4. The van der Waals surface area contributed by atoms with Gasteiger partial charge in [-0.15, -0.1) is 13.2 Å². The molecule has 0 aliphatic carbocycles. The first-order valence-electron chi connectivity index (χ1n) is 8.41. The molecule has 1 aliphatic heterocycles. The Morgan fingerprint density at radius 3 is 2.31 bits per heavy atom. The van der Waals surface area contributed by atoms with Crippen LogP contribution in [0.4, 0.5) is 26.3 Å². The number of allylic oxidation sites excluding steroid dienone is 3. The van der Waals surface area contributed by atoms with Crippen molar-refractivity contribution < 1.29 is 31.1 Å². The molecule has 0 fully saturated rings. The number of ether oxygens (including phenoxy) is 1. The number of para-hydroxylation sites is 1. The van der Waals surface area contributed by atoms with Gasteiger partial charge in [0, 0.05) is 18.3 Å². The quantitative estimate of drug-likeness (QED) is 0.604. The third kappa shape index (κ3) is 5.22. The predicted molar refractivity (Wildman–Crippen MR) is 96.8 cm³/mol. The average Bonchev–Trinajstić information content (AvgIpc) is 2.61. The molecule has 0 bridgehead atoms. The third-order valence-corrected chi connectivity index (χ3v) is 4.18. The van der Waals surface area contributed by atoms with Gasteiger partial charge in [-0.1, -0.05) is 30.8 Å². The first-order valence-corrected chi connectivity index (χ1v) is 8.41. The van der Waals surface area contributed by atoms with Gasteiger partial charge in [0.15, 0.2) is 0 Å². The van der Waals surface area contributed by atoms with Gasteiger partial charge in [0.2, 0.25) is 0 Å². The monoisotopic (exact) mass is 411 g/mol. The predicted octanol–water partition coefficient (Wildman–Crippen LogP) is 6.21. The standard InChI is InChI=1S/C21H15F6NO/c1-13-10-14(8-9-28-13)18-7-6-17(20(22,23)24)12-16(18)11-15-4-2-3-5-19(15)29-21(25,26)27/h2-10,12,28H,1,11H2. The van der Waals surface area contributed by atoms with Gasteiger partial charge in [-0.05, 0) is 52.6 Å². The molecule has 1 N–H and O–H groups in total. The SMILES string of the molecule is C=C1C=C(c2ccc(C(F)(F)F)cc2Cc2ccccc2OC(F)(F)F)C=CN1. The van der Waals surface area contributed by atoms with E-state index < -0.39 is 23.9 Å². The molecule has 0 saturated carbocycles. The van der Waals surface area contributed by atoms with Gasteiger partial charge in [0.1, 0.15) is 5.75 Å². The zero-order chi connectivity index (χ0) is 21.2. The summed E-state index contributed by atoms with van der Waals surface area (Å²) in [5.41, 5.74) is 1.02. The highest BCUT2D eigenvalue weighted by molar-refractivity contribution is 5.79. The van der Waals surface area contributed by atoms with E-state index >= 15 is 0 Å². The Morgan fingerprint density at radius 2 is 1.66 bits per heavy atom. The van der Waals surface area contributed by atoms with E-state index in [0.29, 0.717) is 16.8 Å². The summed E-state index contributed by atoms with van der Waals surface area (Å²) in [6.45, 7) is 3.75. The molecule has 152 valence electrons. The van der Waals surface area contributed by atoms with Crippen molar-refractivity contribution in [2.45, 2.75) is 19.0 Å². The molecule has 2 nitrogen and oxygen atoms in total. The Kier molecular flexibility index (Phi) is 5.46. The number of halogens is 6. The molecule has 0 saturated heterocycles. The largest absolute Gasteiger partial charge is 0.573 e. The fourth-order valence-electron chi connectivity index (χ4n) is 2.96. The smallest absolute Gasteiger partial charge is 0.405 e. The van der Waals surface area contributed by atoms with E-state index in [-0.39, 0.29) is 17.5 Å². The molecule has 1 heterocycles. The summed E-state index contributed by atoms with van der Waals surface area (Å²) >= 11 is 0. The van der Waals surface area contributed by atoms with Gasteiger partial charge in [0.25, 0.3) is 0 Å². The Labute approximate surface area is 162 Å².